The number of ether oxygens (including phenoxy) is 1. The second kappa shape index (κ2) is 7.18. The number of nitrogens with zero attached hydrogens (tertiary/aromatic N) is 2. The van der Waals surface area contributed by atoms with Gasteiger partial charge in [0.25, 0.3) is 0 Å². The van der Waals surface area contributed by atoms with Gasteiger partial charge in [0, 0.05) is 18.2 Å². The molecule has 0 radical (unpaired) electrons. The van der Waals surface area contributed by atoms with E-state index in [1.54, 1.807) is 6.07 Å². The van der Waals surface area contributed by atoms with Crippen molar-refractivity contribution in [3.63, 3.8) is 0 Å². The summed E-state index contributed by atoms with van der Waals surface area (Å²) in [7, 11) is 1.53. The van der Waals surface area contributed by atoms with Crippen molar-refractivity contribution in [1.82, 2.24) is 9.88 Å². The molecule has 0 aliphatic heterocycles. The van der Waals surface area contributed by atoms with Gasteiger partial charge in [0.2, 0.25) is 5.88 Å². The molecule has 0 atom stereocenters. The SMILES string of the molecule is CCN(CC)Cc1ccccc1-c1cc(OC)ncc1F. The van der Waals surface area contributed by atoms with E-state index in [1.807, 2.05) is 24.3 Å². The van der Waals surface area contributed by atoms with E-state index < -0.39 is 0 Å². The van der Waals surface area contributed by atoms with E-state index in [2.05, 4.69) is 23.7 Å². The molecule has 1 aromatic heterocycles. The number of halogens is 1. The minimum atomic E-state index is -0.331. The van der Waals surface area contributed by atoms with Crippen LogP contribution in [0.1, 0.15) is 19.4 Å². The molecule has 0 aliphatic rings. The number of pyridine rings is 1. The Kier molecular flexibility index (Phi) is 5.28. The first-order valence-corrected chi connectivity index (χ1v) is 7.19. The van der Waals surface area contributed by atoms with E-state index in [1.165, 1.54) is 13.3 Å². The number of aromatic nitrogens is 1. The van der Waals surface area contributed by atoms with Crippen LogP contribution in [0.15, 0.2) is 36.5 Å². The highest BCUT2D eigenvalue weighted by Crippen LogP contribution is 2.29. The van der Waals surface area contributed by atoms with Gasteiger partial charge in [-0.05, 0) is 24.2 Å². The molecule has 1 aromatic carbocycles. The lowest BCUT2D eigenvalue weighted by atomic mass is 9.99. The van der Waals surface area contributed by atoms with Crippen LogP contribution >= 0.6 is 0 Å². The third-order valence-electron chi connectivity index (χ3n) is 3.64. The third-order valence-corrected chi connectivity index (χ3v) is 3.64. The highest BCUT2D eigenvalue weighted by atomic mass is 19.1. The Morgan fingerprint density at radius 1 is 1.14 bits per heavy atom. The molecule has 0 amide bonds. The molecule has 2 aromatic rings. The second-order valence-corrected chi connectivity index (χ2v) is 4.83. The zero-order valence-electron chi connectivity index (χ0n) is 12.8. The van der Waals surface area contributed by atoms with Gasteiger partial charge in [-0.25, -0.2) is 9.37 Å². The van der Waals surface area contributed by atoms with Crippen LogP contribution in [0.4, 0.5) is 4.39 Å². The van der Waals surface area contributed by atoms with E-state index in [0.29, 0.717) is 11.4 Å². The molecule has 0 spiro atoms. The van der Waals surface area contributed by atoms with Crippen LogP contribution in [-0.4, -0.2) is 30.1 Å². The Morgan fingerprint density at radius 3 is 2.52 bits per heavy atom. The van der Waals surface area contributed by atoms with Gasteiger partial charge in [-0.15, -0.1) is 0 Å². The summed E-state index contributed by atoms with van der Waals surface area (Å²) in [6, 6.07) is 9.54. The summed E-state index contributed by atoms with van der Waals surface area (Å²) in [4.78, 5) is 6.20. The van der Waals surface area contributed by atoms with Crippen LogP contribution < -0.4 is 4.74 Å². The largest absolute Gasteiger partial charge is 0.481 e. The van der Waals surface area contributed by atoms with Crippen LogP contribution in [0, 0.1) is 5.82 Å². The third kappa shape index (κ3) is 3.58. The van der Waals surface area contributed by atoms with Crippen LogP contribution in [0.3, 0.4) is 0 Å². The fourth-order valence-electron chi connectivity index (χ4n) is 2.35. The van der Waals surface area contributed by atoms with Crippen molar-refractivity contribution in [2.75, 3.05) is 20.2 Å². The molecule has 112 valence electrons. The maximum atomic E-state index is 14.1. The highest BCUT2D eigenvalue weighted by molar-refractivity contribution is 5.68. The van der Waals surface area contributed by atoms with Crippen LogP contribution in [0.25, 0.3) is 11.1 Å². The average Bonchev–Trinajstić information content (AvgIpc) is 2.53. The van der Waals surface area contributed by atoms with Crippen molar-refractivity contribution in [2.24, 2.45) is 0 Å². The molecular weight excluding hydrogens is 267 g/mol. The van der Waals surface area contributed by atoms with E-state index in [-0.39, 0.29) is 5.82 Å². The maximum absolute atomic E-state index is 14.1. The van der Waals surface area contributed by atoms with Gasteiger partial charge in [0.15, 0.2) is 0 Å². The predicted octanol–water partition coefficient (Wildman–Crippen LogP) is 3.74. The fraction of sp³-hybridized carbons (Fsp3) is 0.353. The van der Waals surface area contributed by atoms with Gasteiger partial charge in [-0.1, -0.05) is 38.1 Å². The van der Waals surface area contributed by atoms with E-state index in [4.69, 9.17) is 4.74 Å². The summed E-state index contributed by atoms with van der Waals surface area (Å²) in [5.74, 6) is 0.0897. The van der Waals surface area contributed by atoms with Gasteiger partial charge in [-0.2, -0.15) is 0 Å². The molecule has 2 rings (SSSR count). The number of hydrogen-bond donors (Lipinski definition) is 0. The van der Waals surface area contributed by atoms with E-state index >= 15 is 0 Å². The molecule has 3 nitrogen and oxygen atoms in total. The van der Waals surface area contributed by atoms with E-state index in [0.717, 1.165) is 30.8 Å². The second-order valence-electron chi connectivity index (χ2n) is 4.83. The minimum absolute atomic E-state index is 0.331. The first-order chi connectivity index (χ1) is 10.2. The van der Waals surface area contributed by atoms with Gasteiger partial charge < -0.3 is 4.74 Å². The topological polar surface area (TPSA) is 25.4 Å². The monoisotopic (exact) mass is 288 g/mol. The summed E-state index contributed by atoms with van der Waals surface area (Å²) in [5.41, 5.74) is 2.53. The van der Waals surface area contributed by atoms with Gasteiger partial charge in [-0.3, -0.25) is 4.90 Å². The van der Waals surface area contributed by atoms with Gasteiger partial charge >= 0.3 is 0 Å². The van der Waals surface area contributed by atoms with Crippen LogP contribution in [0.5, 0.6) is 5.88 Å². The molecule has 0 saturated heterocycles. The lowest BCUT2D eigenvalue weighted by Crippen LogP contribution is -2.22. The summed E-state index contributed by atoms with van der Waals surface area (Å²) < 4.78 is 19.2. The van der Waals surface area contributed by atoms with Crippen molar-refractivity contribution in [3.8, 4) is 17.0 Å². The van der Waals surface area contributed by atoms with Crippen molar-refractivity contribution >= 4 is 0 Å². The maximum Gasteiger partial charge on any atom is 0.213 e. The predicted molar refractivity (Wildman–Crippen MR) is 82.8 cm³/mol. The Balaban J connectivity index is 2.44. The Labute approximate surface area is 125 Å². The Hall–Kier alpha value is -1.94. The quantitative estimate of drug-likeness (QED) is 0.809. The van der Waals surface area contributed by atoms with Crippen molar-refractivity contribution < 1.29 is 9.13 Å². The van der Waals surface area contributed by atoms with Crippen molar-refractivity contribution in [3.05, 3.63) is 47.9 Å². The molecule has 0 saturated carbocycles. The van der Waals surface area contributed by atoms with Crippen LogP contribution in [0.2, 0.25) is 0 Å². The molecule has 0 aliphatic carbocycles. The Bertz CT molecular complexity index is 597. The van der Waals surface area contributed by atoms with Crippen molar-refractivity contribution in [1.29, 1.82) is 0 Å². The lowest BCUT2D eigenvalue weighted by molar-refractivity contribution is 0.296. The summed E-state index contributed by atoms with van der Waals surface area (Å²) in [6.07, 6.45) is 1.21. The van der Waals surface area contributed by atoms with Gasteiger partial charge in [0.1, 0.15) is 5.82 Å². The zero-order valence-corrected chi connectivity index (χ0v) is 12.8. The summed E-state index contributed by atoms with van der Waals surface area (Å²) >= 11 is 0. The molecule has 0 N–H and O–H groups in total. The number of hydrogen-bond acceptors (Lipinski definition) is 3. The zero-order chi connectivity index (χ0) is 15.2. The summed E-state index contributed by atoms with van der Waals surface area (Å²) in [6.45, 7) is 6.98. The molecule has 0 unspecified atom stereocenters. The normalized spacial score (nSPS) is 10.9. The molecule has 0 bridgehead atoms. The molecule has 1 heterocycles. The number of benzene rings is 1. The van der Waals surface area contributed by atoms with E-state index in [9.17, 15) is 4.39 Å². The van der Waals surface area contributed by atoms with Crippen molar-refractivity contribution in [2.45, 2.75) is 20.4 Å². The lowest BCUT2D eigenvalue weighted by Gasteiger charge is -2.20. The van der Waals surface area contributed by atoms with Crippen LogP contribution in [-0.2, 0) is 6.54 Å². The van der Waals surface area contributed by atoms with Gasteiger partial charge in [0.05, 0.1) is 13.3 Å². The molecule has 21 heavy (non-hydrogen) atoms. The highest BCUT2D eigenvalue weighted by Gasteiger charge is 2.13. The average molecular weight is 288 g/mol. The summed E-state index contributed by atoms with van der Waals surface area (Å²) in [5, 5.41) is 0. The molecule has 0 fully saturated rings. The molecular formula is C17H21FN2O. The first kappa shape index (κ1) is 15.4. The smallest absolute Gasteiger partial charge is 0.213 e. The Morgan fingerprint density at radius 2 is 1.86 bits per heavy atom. The minimum Gasteiger partial charge on any atom is -0.481 e. The number of rotatable bonds is 6. The molecule has 4 heteroatoms. The standard InChI is InChI=1S/C17H21FN2O/c1-4-20(5-2)12-13-8-6-7-9-14(13)15-10-17(21-3)19-11-16(15)18/h6-11H,4-5,12H2,1-3H3. The number of methoxy groups -OCH3 is 1. The first-order valence-electron chi connectivity index (χ1n) is 7.19. The fourth-order valence-corrected chi connectivity index (χ4v) is 2.35.